The van der Waals surface area contributed by atoms with Gasteiger partial charge >= 0.3 is 5.97 Å². The Labute approximate surface area is 86.3 Å². The molecule has 0 amide bonds. The van der Waals surface area contributed by atoms with E-state index in [0.717, 1.165) is 6.42 Å². The second-order valence-electron chi connectivity index (χ2n) is 3.84. The molecule has 0 aromatic heterocycles. The minimum Gasteiger partial charge on any atom is -0.466 e. The van der Waals surface area contributed by atoms with Crippen LogP contribution in [-0.2, 0) is 9.53 Å². The van der Waals surface area contributed by atoms with Crippen molar-refractivity contribution in [2.45, 2.75) is 45.4 Å². The monoisotopic (exact) mass is 196 g/mol. The summed E-state index contributed by atoms with van der Waals surface area (Å²) in [5.74, 6) is 0.358. The number of hydrogen-bond acceptors (Lipinski definition) is 2. The number of hydrogen-bond donors (Lipinski definition) is 0. The lowest BCUT2D eigenvalue weighted by molar-refractivity contribution is -0.143. The Morgan fingerprint density at radius 3 is 3.07 bits per heavy atom. The lowest BCUT2D eigenvalue weighted by Gasteiger charge is -2.13. The minimum absolute atomic E-state index is 0.0530. The molecule has 0 aromatic carbocycles. The molecular formula is C12H20O2. The summed E-state index contributed by atoms with van der Waals surface area (Å²) in [6, 6.07) is 0. The molecule has 1 aliphatic carbocycles. The molecule has 0 fully saturated rings. The van der Waals surface area contributed by atoms with E-state index in [0.29, 0.717) is 18.9 Å². The zero-order valence-corrected chi connectivity index (χ0v) is 9.00. The Morgan fingerprint density at radius 1 is 1.43 bits per heavy atom. The maximum absolute atomic E-state index is 11.3. The van der Waals surface area contributed by atoms with Crippen molar-refractivity contribution in [3.63, 3.8) is 0 Å². The third kappa shape index (κ3) is 4.45. The van der Waals surface area contributed by atoms with E-state index in [4.69, 9.17) is 4.74 Å². The predicted molar refractivity (Wildman–Crippen MR) is 57.0 cm³/mol. The molecular weight excluding hydrogens is 176 g/mol. The van der Waals surface area contributed by atoms with E-state index in [9.17, 15) is 4.79 Å². The molecule has 80 valence electrons. The van der Waals surface area contributed by atoms with Gasteiger partial charge in [0.15, 0.2) is 0 Å². The summed E-state index contributed by atoms with van der Waals surface area (Å²) in [5, 5.41) is 0. The first-order valence-electron chi connectivity index (χ1n) is 5.65. The fourth-order valence-electron chi connectivity index (χ4n) is 1.83. The molecule has 1 unspecified atom stereocenters. The maximum Gasteiger partial charge on any atom is 0.306 e. The zero-order valence-electron chi connectivity index (χ0n) is 9.00. The molecule has 0 aromatic rings. The van der Waals surface area contributed by atoms with Gasteiger partial charge in [-0.25, -0.2) is 0 Å². The lowest BCUT2D eigenvalue weighted by atomic mass is 9.94. The highest BCUT2D eigenvalue weighted by atomic mass is 16.5. The number of carbonyl (C=O) groups is 1. The Bertz CT molecular complexity index is 196. The fourth-order valence-corrected chi connectivity index (χ4v) is 1.83. The van der Waals surface area contributed by atoms with Gasteiger partial charge in [0.05, 0.1) is 13.0 Å². The molecule has 1 rings (SSSR count). The summed E-state index contributed by atoms with van der Waals surface area (Å²) < 4.78 is 4.94. The smallest absolute Gasteiger partial charge is 0.306 e. The number of carbonyl (C=O) groups excluding carboxylic acids is 1. The highest BCUT2D eigenvalue weighted by molar-refractivity contribution is 5.69. The average molecular weight is 196 g/mol. The summed E-state index contributed by atoms with van der Waals surface area (Å²) in [7, 11) is 0. The highest BCUT2D eigenvalue weighted by Crippen LogP contribution is 2.19. The molecule has 0 saturated carbocycles. The maximum atomic E-state index is 11.3. The predicted octanol–water partition coefficient (Wildman–Crippen LogP) is 3.08. The van der Waals surface area contributed by atoms with Crippen LogP contribution in [0.25, 0.3) is 0 Å². The van der Waals surface area contributed by atoms with E-state index >= 15 is 0 Å². The second-order valence-corrected chi connectivity index (χ2v) is 3.84. The van der Waals surface area contributed by atoms with E-state index < -0.39 is 0 Å². The van der Waals surface area contributed by atoms with Gasteiger partial charge < -0.3 is 4.74 Å². The fraction of sp³-hybridized carbons (Fsp3) is 0.750. The van der Waals surface area contributed by atoms with Crippen LogP contribution in [0.1, 0.15) is 45.4 Å². The van der Waals surface area contributed by atoms with Gasteiger partial charge in [0.2, 0.25) is 0 Å². The van der Waals surface area contributed by atoms with Crippen molar-refractivity contribution in [1.29, 1.82) is 0 Å². The van der Waals surface area contributed by atoms with Crippen LogP contribution in [-0.4, -0.2) is 12.6 Å². The molecule has 14 heavy (non-hydrogen) atoms. The molecule has 2 heteroatoms. The van der Waals surface area contributed by atoms with E-state index in [2.05, 4.69) is 12.2 Å². The average Bonchev–Trinajstić information content (AvgIpc) is 2.10. The van der Waals surface area contributed by atoms with Crippen LogP contribution in [0.2, 0.25) is 0 Å². The van der Waals surface area contributed by atoms with Crippen LogP contribution in [0.5, 0.6) is 0 Å². The van der Waals surface area contributed by atoms with Crippen LogP contribution in [0.3, 0.4) is 0 Å². The van der Waals surface area contributed by atoms with Crippen molar-refractivity contribution in [2.24, 2.45) is 5.92 Å². The standard InChI is InChI=1S/C12H20O2/c1-2-14-12(13)10-11-8-6-4-3-5-7-9-11/h6,8,11H,2-5,7,9-10H2,1H3/b8-6-. The number of ether oxygens (including phenoxy) is 1. The lowest BCUT2D eigenvalue weighted by Crippen LogP contribution is -2.10. The van der Waals surface area contributed by atoms with Crippen molar-refractivity contribution >= 4 is 5.97 Å². The second kappa shape index (κ2) is 6.63. The van der Waals surface area contributed by atoms with E-state index in [1.54, 1.807) is 0 Å². The van der Waals surface area contributed by atoms with Gasteiger partial charge in [0, 0.05) is 0 Å². The molecule has 0 bridgehead atoms. The van der Waals surface area contributed by atoms with Crippen LogP contribution >= 0.6 is 0 Å². The van der Waals surface area contributed by atoms with Gasteiger partial charge in [0.1, 0.15) is 0 Å². The van der Waals surface area contributed by atoms with Crippen LogP contribution in [0.15, 0.2) is 12.2 Å². The Morgan fingerprint density at radius 2 is 2.29 bits per heavy atom. The first-order valence-corrected chi connectivity index (χ1v) is 5.65. The van der Waals surface area contributed by atoms with Crippen LogP contribution < -0.4 is 0 Å². The van der Waals surface area contributed by atoms with Gasteiger partial charge in [-0.1, -0.05) is 25.0 Å². The van der Waals surface area contributed by atoms with Gasteiger partial charge in [0.25, 0.3) is 0 Å². The van der Waals surface area contributed by atoms with Crippen molar-refractivity contribution in [2.75, 3.05) is 6.61 Å². The largest absolute Gasteiger partial charge is 0.466 e. The van der Waals surface area contributed by atoms with E-state index in [-0.39, 0.29) is 5.97 Å². The van der Waals surface area contributed by atoms with E-state index in [1.165, 1.54) is 25.7 Å². The normalized spacial score (nSPS) is 24.8. The van der Waals surface area contributed by atoms with Crippen molar-refractivity contribution in [3.05, 3.63) is 12.2 Å². The third-order valence-corrected chi connectivity index (χ3v) is 2.59. The minimum atomic E-state index is -0.0530. The SMILES string of the molecule is CCOC(=O)CC1/C=C\CCCCC1. The van der Waals surface area contributed by atoms with E-state index in [1.807, 2.05) is 6.92 Å². The molecule has 1 atom stereocenters. The molecule has 2 nitrogen and oxygen atoms in total. The third-order valence-electron chi connectivity index (χ3n) is 2.59. The zero-order chi connectivity index (χ0) is 10.2. The summed E-state index contributed by atoms with van der Waals surface area (Å²) in [6.45, 7) is 2.35. The number of allylic oxidation sites excluding steroid dienone is 2. The van der Waals surface area contributed by atoms with Crippen molar-refractivity contribution < 1.29 is 9.53 Å². The summed E-state index contributed by atoms with van der Waals surface area (Å²) in [6.07, 6.45) is 11.1. The summed E-state index contributed by atoms with van der Waals surface area (Å²) >= 11 is 0. The van der Waals surface area contributed by atoms with Crippen LogP contribution in [0.4, 0.5) is 0 Å². The Kier molecular flexibility index (Phi) is 5.35. The number of rotatable bonds is 3. The molecule has 0 heterocycles. The summed E-state index contributed by atoms with van der Waals surface area (Å²) in [5.41, 5.74) is 0. The number of esters is 1. The molecule has 0 saturated heterocycles. The van der Waals surface area contributed by atoms with Gasteiger partial charge in [-0.3, -0.25) is 4.79 Å². The van der Waals surface area contributed by atoms with Crippen molar-refractivity contribution in [1.82, 2.24) is 0 Å². The first-order chi connectivity index (χ1) is 6.83. The molecule has 0 N–H and O–H groups in total. The molecule has 0 spiro atoms. The topological polar surface area (TPSA) is 26.3 Å². The van der Waals surface area contributed by atoms with Crippen LogP contribution in [0, 0.1) is 5.92 Å². The summed E-state index contributed by atoms with van der Waals surface area (Å²) in [4.78, 5) is 11.3. The van der Waals surface area contributed by atoms with Gasteiger partial charge in [-0.05, 0) is 32.1 Å². The van der Waals surface area contributed by atoms with Gasteiger partial charge in [-0.15, -0.1) is 0 Å². The Hall–Kier alpha value is -0.790. The Balaban J connectivity index is 2.33. The first kappa shape index (κ1) is 11.3. The molecule has 0 aliphatic heterocycles. The van der Waals surface area contributed by atoms with Crippen molar-refractivity contribution in [3.8, 4) is 0 Å². The quantitative estimate of drug-likeness (QED) is 0.512. The molecule has 0 radical (unpaired) electrons. The molecule has 1 aliphatic rings. The highest BCUT2D eigenvalue weighted by Gasteiger charge is 2.12. The van der Waals surface area contributed by atoms with Gasteiger partial charge in [-0.2, -0.15) is 0 Å².